The average molecular weight is 426 g/mol. The molecular weight excluding hydrogens is 408 g/mol. The van der Waals surface area contributed by atoms with E-state index in [4.69, 9.17) is 14.2 Å². The SMILES string of the molecule is Cn1nnc2cc(CN3C(=O)C4(COc5cc6c(cc54)OCO6)c4ccccc43)ccc21. The van der Waals surface area contributed by atoms with Crippen molar-refractivity contribution in [2.24, 2.45) is 7.05 Å². The van der Waals surface area contributed by atoms with Crippen LogP contribution in [0, 0.1) is 0 Å². The summed E-state index contributed by atoms with van der Waals surface area (Å²) in [6, 6.07) is 17.7. The maximum Gasteiger partial charge on any atom is 0.246 e. The van der Waals surface area contributed by atoms with Gasteiger partial charge in [-0.2, -0.15) is 0 Å². The molecule has 0 N–H and O–H groups in total. The Balaban J connectivity index is 1.35. The van der Waals surface area contributed by atoms with Crippen molar-refractivity contribution in [3.63, 3.8) is 0 Å². The molecule has 0 saturated heterocycles. The Hall–Kier alpha value is -4.07. The number of aryl methyl sites for hydroxylation is 1. The van der Waals surface area contributed by atoms with Gasteiger partial charge in [0.05, 0.1) is 12.1 Å². The number of carbonyl (C=O) groups is 1. The van der Waals surface area contributed by atoms with E-state index in [0.717, 1.165) is 33.4 Å². The van der Waals surface area contributed by atoms with E-state index in [9.17, 15) is 4.79 Å². The van der Waals surface area contributed by atoms with E-state index in [-0.39, 0.29) is 19.3 Å². The number of carbonyl (C=O) groups excluding carboxylic acids is 1. The van der Waals surface area contributed by atoms with Crippen LogP contribution in [-0.2, 0) is 23.8 Å². The molecule has 1 spiro atoms. The monoisotopic (exact) mass is 426 g/mol. The van der Waals surface area contributed by atoms with Gasteiger partial charge in [0.25, 0.3) is 0 Å². The van der Waals surface area contributed by atoms with E-state index < -0.39 is 5.41 Å². The van der Waals surface area contributed by atoms with Crippen LogP contribution in [0.25, 0.3) is 11.0 Å². The third-order valence-electron chi connectivity index (χ3n) is 6.66. The summed E-state index contributed by atoms with van der Waals surface area (Å²) in [6.07, 6.45) is 0. The van der Waals surface area contributed by atoms with Crippen molar-refractivity contribution in [2.45, 2.75) is 12.0 Å². The first kappa shape index (κ1) is 17.6. The Morgan fingerprint density at radius 3 is 2.72 bits per heavy atom. The minimum absolute atomic E-state index is 0.00411. The van der Waals surface area contributed by atoms with Gasteiger partial charge in [-0.15, -0.1) is 5.10 Å². The van der Waals surface area contributed by atoms with Gasteiger partial charge < -0.3 is 19.1 Å². The summed E-state index contributed by atoms with van der Waals surface area (Å²) in [5.41, 5.74) is 4.52. The Labute approximate surface area is 182 Å². The maximum absolute atomic E-state index is 14.1. The highest BCUT2D eigenvalue weighted by Crippen LogP contribution is 2.55. The second kappa shape index (κ2) is 6.00. The molecule has 8 heteroatoms. The third-order valence-corrected chi connectivity index (χ3v) is 6.66. The lowest BCUT2D eigenvalue weighted by Crippen LogP contribution is -2.42. The van der Waals surface area contributed by atoms with Crippen molar-refractivity contribution in [1.82, 2.24) is 15.0 Å². The molecule has 1 aromatic heterocycles. The fourth-order valence-electron chi connectivity index (χ4n) is 5.09. The molecule has 7 rings (SSSR count). The van der Waals surface area contributed by atoms with Gasteiger partial charge in [0.15, 0.2) is 11.5 Å². The van der Waals surface area contributed by atoms with E-state index in [1.807, 2.05) is 66.5 Å². The van der Waals surface area contributed by atoms with Crippen LogP contribution in [0.15, 0.2) is 54.6 Å². The first-order chi connectivity index (χ1) is 15.6. The standard InChI is InChI=1S/C24H18N4O4/c1-27-19-7-6-14(8-17(19)25-26-27)11-28-18-5-3-2-4-15(18)24(23(28)29)12-30-20-10-22-21(9-16(20)24)31-13-32-22/h2-10H,11-13H2,1H3. The smallest absolute Gasteiger partial charge is 0.246 e. The second-order valence-electron chi connectivity index (χ2n) is 8.34. The lowest BCUT2D eigenvalue weighted by molar-refractivity contribution is -0.122. The van der Waals surface area contributed by atoms with Crippen LogP contribution in [0.1, 0.15) is 16.7 Å². The molecule has 32 heavy (non-hydrogen) atoms. The van der Waals surface area contributed by atoms with Crippen LogP contribution in [0.3, 0.4) is 0 Å². The Morgan fingerprint density at radius 2 is 1.81 bits per heavy atom. The minimum atomic E-state index is -0.899. The van der Waals surface area contributed by atoms with Crippen molar-refractivity contribution >= 4 is 22.6 Å². The zero-order valence-electron chi connectivity index (χ0n) is 17.2. The summed E-state index contributed by atoms with van der Waals surface area (Å²) in [5.74, 6) is 1.95. The fourth-order valence-corrected chi connectivity index (χ4v) is 5.09. The molecule has 0 bridgehead atoms. The number of aromatic nitrogens is 3. The van der Waals surface area contributed by atoms with Gasteiger partial charge in [0.2, 0.25) is 12.7 Å². The van der Waals surface area contributed by atoms with Crippen LogP contribution >= 0.6 is 0 Å². The van der Waals surface area contributed by atoms with Gasteiger partial charge in [-0.1, -0.05) is 29.5 Å². The van der Waals surface area contributed by atoms with Crippen molar-refractivity contribution in [3.8, 4) is 17.2 Å². The van der Waals surface area contributed by atoms with E-state index in [2.05, 4.69) is 10.3 Å². The molecule has 0 radical (unpaired) electrons. The minimum Gasteiger partial charge on any atom is -0.491 e. The molecule has 3 aliphatic heterocycles. The molecule has 1 atom stereocenters. The third kappa shape index (κ3) is 2.13. The summed E-state index contributed by atoms with van der Waals surface area (Å²) < 4.78 is 18.9. The largest absolute Gasteiger partial charge is 0.491 e. The van der Waals surface area contributed by atoms with Crippen LogP contribution in [-0.4, -0.2) is 34.3 Å². The number of ether oxygens (including phenoxy) is 3. The van der Waals surface area contributed by atoms with Crippen LogP contribution in [0.2, 0.25) is 0 Å². The molecule has 158 valence electrons. The number of hydrogen-bond donors (Lipinski definition) is 0. The molecular formula is C24H18N4O4. The average Bonchev–Trinajstić information content (AvgIpc) is 3.56. The highest BCUT2D eigenvalue weighted by atomic mass is 16.7. The number of fused-ring (bicyclic) bond motifs is 6. The number of nitrogens with zero attached hydrogens (tertiary/aromatic N) is 4. The molecule has 8 nitrogen and oxygen atoms in total. The van der Waals surface area contributed by atoms with Gasteiger partial charge in [0.1, 0.15) is 23.3 Å². The van der Waals surface area contributed by atoms with E-state index >= 15 is 0 Å². The van der Waals surface area contributed by atoms with E-state index in [1.54, 1.807) is 4.68 Å². The number of para-hydroxylation sites is 1. The predicted octanol–water partition coefficient (Wildman–Crippen LogP) is 2.92. The van der Waals surface area contributed by atoms with Gasteiger partial charge in [0, 0.05) is 24.4 Å². The molecule has 4 heterocycles. The fraction of sp³-hybridized carbons (Fsp3) is 0.208. The van der Waals surface area contributed by atoms with Crippen LogP contribution in [0.5, 0.6) is 17.2 Å². The maximum atomic E-state index is 14.1. The Bertz CT molecular complexity index is 1450. The molecule has 4 aromatic rings. The number of benzene rings is 3. The zero-order chi connectivity index (χ0) is 21.4. The van der Waals surface area contributed by atoms with Gasteiger partial charge >= 0.3 is 0 Å². The number of amides is 1. The van der Waals surface area contributed by atoms with Crippen LogP contribution in [0.4, 0.5) is 5.69 Å². The molecule has 1 amide bonds. The predicted molar refractivity (Wildman–Crippen MR) is 115 cm³/mol. The van der Waals surface area contributed by atoms with Gasteiger partial charge in [-0.25, -0.2) is 4.68 Å². The summed E-state index contributed by atoms with van der Waals surface area (Å²) in [7, 11) is 1.86. The Kier molecular flexibility index (Phi) is 3.30. The number of hydrogen-bond acceptors (Lipinski definition) is 6. The van der Waals surface area contributed by atoms with Crippen molar-refractivity contribution in [1.29, 1.82) is 0 Å². The van der Waals surface area contributed by atoms with E-state index in [1.165, 1.54) is 0 Å². The van der Waals surface area contributed by atoms with Crippen molar-refractivity contribution in [2.75, 3.05) is 18.3 Å². The summed E-state index contributed by atoms with van der Waals surface area (Å²) in [6.45, 7) is 0.859. The van der Waals surface area contributed by atoms with Gasteiger partial charge in [-0.3, -0.25) is 4.79 Å². The summed E-state index contributed by atoms with van der Waals surface area (Å²) in [4.78, 5) is 15.9. The first-order valence-electron chi connectivity index (χ1n) is 10.4. The molecule has 0 fully saturated rings. The topological polar surface area (TPSA) is 78.7 Å². The van der Waals surface area contributed by atoms with Crippen molar-refractivity contribution < 1.29 is 19.0 Å². The van der Waals surface area contributed by atoms with Gasteiger partial charge in [-0.05, 0) is 35.4 Å². The summed E-state index contributed by atoms with van der Waals surface area (Å²) in [5, 5.41) is 8.29. The molecule has 0 aliphatic carbocycles. The molecule has 3 aliphatic rings. The zero-order valence-corrected chi connectivity index (χ0v) is 17.2. The highest BCUT2D eigenvalue weighted by Gasteiger charge is 2.57. The highest BCUT2D eigenvalue weighted by molar-refractivity contribution is 6.11. The lowest BCUT2D eigenvalue weighted by atomic mass is 9.77. The molecule has 1 unspecified atom stereocenters. The van der Waals surface area contributed by atoms with Crippen molar-refractivity contribution in [3.05, 3.63) is 71.3 Å². The first-order valence-corrected chi connectivity index (χ1v) is 10.4. The Morgan fingerprint density at radius 1 is 0.969 bits per heavy atom. The van der Waals surface area contributed by atoms with Crippen LogP contribution < -0.4 is 19.1 Å². The normalized spacial score (nSPS) is 20.2. The number of anilines is 1. The molecule has 0 saturated carbocycles. The summed E-state index contributed by atoms with van der Waals surface area (Å²) >= 11 is 0. The quantitative estimate of drug-likeness (QED) is 0.491. The second-order valence-corrected chi connectivity index (χ2v) is 8.34. The van der Waals surface area contributed by atoms with E-state index in [0.29, 0.717) is 23.8 Å². The lowest BCUT2D eigenvalue weighted by Gasteiger charge is -2.23. The number of rotatable bonds is 2. The molecule has 3 aromatic carbocycles.